The van der Waals surface area contributed by atoms with Gasteiger partial charge in [-0.05, 0) is 6.54 Å². The third kappa shape index (κ3) is 3.71. The second-order valence-electron chi connectivity index (χ2n) is 3.57. The molecule has 0 fully saturated rings. The molecule has 1 heterocycles. The smallest absolute Gasteiger partial charge is 0.229 e. The van der Waals surface area contributed by atoms with Gasteiger partial charge in [-0.15, -0.1) is 0 Å². The lowest BCUT2D eigenvalue weighted by Crippen LogP contribution is -2.30. The molecule has 0 saturated carbocycles. The topological polar surface area (TPSA) is 59.0 Å². The van der Waals surface area contributed by atoms with Crippen LogP contribution in [0.5, 0.6) is 0 Å². The average molecular weight is 210 g/mol. The molecule has 0 spiro atoms. The van der Waals surface area contributed by atoms with E-state index < -0.39 is 0 Å². The number of anilines is 1. The van der Waals surface area contributed by atoms with Crippen LogP contribution in [0.1, 0.15) is 13.8 Å². The summed E-state index contributed by atoms with van der Waals surface area (Å²) >= 11 is 0. The van der Waals surface area contributed by atoms with E-state index in [1.54, 1.807) is 16.9 Å². The summed E-state index contributed by atoms with van der Waals surface area (Å²) in [6.07, 6.45) is 1.80. The second kappa shape index (κ2) is 5.50. The van der Waals surface area contributed by atoms with E-state index in [4.69, 9.17) is 0 Å². The van der Waals surface area contributed by atoms with E-state index in [0.29, 0.717) is 12.4 Å². The molecule has 0 radical (unpaired) electrons. The Morgan fingerprint density at radius 1 is 1.67 bits per heavy atom. The highest BCUT2D eigenvalue weighted by Crippen LogP contribution is 2.04. The normalized spacial score (nSPS) is 12.5. The minimum absolute atomic E-state index is 0.00495. The molecule has 0 aliphatic rings. The zero-order valence-corrected chi connectivity index (χ0v) is 9.45. The summed E-state index contributed by atoms with van der Waals surface area (Å²) in [4.78, 5) is 11.6. The van der Waals surface area contributed by atoms with Crippen molar-refractivity contribution in [2.24, 2.45) is 13.0 Å². The molecule has 1 atom stereocenters. The molecule has 5 heteroatoms. The fourth-order valence-electron chi connectivity index (χ4n) is 1.18. The number of aryl methyl sites for hydroxylation is 1. The van der Waals surface area contributed by atoms with Crippen molar-refractivity contribution in [1.82, 2.24) is 15.1 Å². The number of hydrogen-bond acceptors (Lipinski definition) is 3. The van der Waals surface area contributed by atoms with Gasteiger partial charge in [0.2, 0.25) is 5.91 Å². The summed E-state index contributed by atoms with van der Waals surface area (Å²) in [7, 11) is 1.82. The lowest BCUT2D eigenvalue weighted by atomic mass is 10.1. The summed E-state index contributed by atoms with van der Waals surface area (Å²) in [6.45, 7) is 5.47. The minimum Gasteiger partial charge on any atom is -0.316 e. The predicted molar refractivity (Wildman–Crippen MR) is 59.5 cm³/mol. The van der Waals surface area contributed by atoms with Gasteiger partial charge in [0, 0.05) is 31.8 Å². The molecule has 0 saturated heterocycles. The second-order valence-corrected chi connectivity index (χ2v) is 3.57. The van der Waals surface area contributed by atoms with Crippen LogP contribution in [-0.2, 0) is 11.8 Å². The van der Waals surface area contributed by atoms with Crippen molar-refractivity contribution < 1.29 is 4.79 Å². The number of amides is 1. The molecule has 0 bridgehead atoms. The van der Waals surface area contributed by atoms with E-state index in [0.717, 1.165) is 6.54 Å². The maximum absolute atomic E-state index is 11.6. The molecule has 1 aromatic rings. The summed E-state index contributed by atoms with van der Waals surface area (Å²) in [5, 5.41) is 9.97. The molecule has 0 aromatic carbocycles. The van der Waals surface area contributed by atoms with Crippen molar-refractivity contribution in [3.63, 3.8) is 0 Å². The SMILES string of the molecule is CCNCC(C)C(=O)Nc1ccn(C)n1. The average Bonchev–Trinajstić information content (AvgIpc) is 2.60. The van der Waals surface area contributed by atoms with Crippen molar-refractivity contribution in [3.8, 4) is 0 Å². The lowest BCUT2D eigenvalue weighted by Gasteiger charge is -2.10. The van der Waals surface area contributed by atoms with Crippen molar-refractivity contribution in [3.05, 3.63) is 12.3 Å². The number of aromatic nitrogens is 2. The highest BCUT2D eigenvalue weighted by molar-refractivity contribution is 5.91. The number of nitrogens with one attached hydrogen (secondary N) is 2. The fraction of sp³-hybridized carbons (Fsp3) is 0.600. The van der Waals surface area contributed by atoms with Crippen LogP contribution < -0.4 is 10.6 Å². The Bertz CT molecular complexity index is 321. The third-order valence-electron chi connectivity index (χ3n) is 2.11. The summed E-state index contributed by atoms with van der Waals surface area (Å²) in [6, 6.07) is 1.78. The molecular weight excluding hydrogens is 192 g/mol. The Morgan fingerprint density at radius 2 is 2.40 bits per heavy atom. The third-order valence-corrected chi connectivity index (χ3v) is 2.11. The Kier molecular flexibility index (Phi) is 4.30. The van der Waals surface area contributed by atoms with Gasteiger partial charge >= 0.3 is 0 Å². The van der Waals surface area contributed by atoms with Gasteiger partial charge in [-0.25, -0.2) is 0 Å². The van der Waals surface area contributed by atoms with E-state index in [1.807, 2.05) is 20.9 Å². The van der Waals surface area contributed by atoms with Gasteiger partial charge in [0.05, 0.1) is 0 Å². The Morgan fingerprint density at radius 3 is 2.93 bits per heavy atom. The van der Waals surface area contributed by atoms with E-state index in [2.05, 4.69) is 15.7 Å². The first-order chi connectivity index (χ1) is 7.13. The summed E-state index contributed by atoms with van der Waals surface area (Å²) < 4.78 is 1.66. The monoisotopic (exact) mass is 210 g/mol. The fourth-order valence-corrected chi connectivity index (χ4v) is 1.18. The van der Waals surface area contributed by atoms with Gasteiger partial charge < -0.3 is 10.6 Å². The quantitative estimate of drug-likeness (QED) is 0.748. The number of hydrogen-bond donors (Lipinski definition) is 2. The van der Waals surface area contributed by atoms with Crippen LogP contribution in [0.15, 0.2) is 12.3 Å². The van der Waals surface area contributed by atoms with E-state index in [1.165, 1.54) is 0 Å². The van der Waals surface area contributed by atoms with E-state index >= 15 is 0 Å². The number of nitrogens with zero attached hydrogens (tertiary/aromatic N) is 2. The maximum atomic E-state index is 11.6. The van der Waals surface area contributed by atoms with E-state index in [-0.39, 0.29) is 11.8 Å². The molecule has 0 aliphatic heterocycles. The van der Waals surface area contributed by atoms with Crippen LogP contribution in [-0.4, -0.2) is 28.8 Å². The van der Waals surface area contributed by atoms with Gasteiger partial charge in [0.15, 0.2) is 5.82 Å². The number of carbonyl (C=O) groups is 1. The highest BCUT2D eigenvalue weighted by Gasteiger charge is 2.12. The van der Waals surface area contributed by atoms with Crippen LogP contribution >= 0.6 is 0 Å². The number of carbonyl (C=O) groups excluding carboxylic acids is 1. The van der Waals surface area contributed by atoms with Gasteiger partial charge in [-0.2, -0.15) is 5.10 Å². The van der Waals surface area contributed by atoms with Crippen molar-refractivity contribution in [2.45, 2.75) is 13.8 Å². The Labute approximate surface area is 89.9 Å². The van der Waals surface area contributed by atoms with Crippen molar-refractivity contribution in [2.75, 3.05) is 18.4 Å². The first kappa shape index (κ1) is 11.7. The zero-order chi connectivity index (χ0) is 11.3. The molecule has 1 unspecified atom stereocenters. The molecule has 15 heavy (non-hydrogen) atoms. The van der Waals surface area contributed by atoms with Crippen LogP contribution in [0, 0.1) is 5.92 Å². The van der Waals surface area contributed by atoms with Gasteiger partial charge in [0.25, 0.3) is 0 Å². The first-order valence-corrected chi connectivity index (χ1v) is 5.14. The standard InChI is InChI=1S/C10H18N4O/c1-4-11-7-8(2)10(15)12-9-5-6-14(3)13-9/h5-6,8,11H,4,7H2,1-3H3,(H,12,13,15). The van der Waals surface area contributed by atoms with Gasteiger partial charge in [-0.1, -0.05) is 13.8 Å². The molecule has 0 aliphatic carbocycles. The van der Waals surface area contributed by atoms with Gasteiger partial charge in [-0.3, -0.25) is 9.48 Å². The number of rotatable bonds is 5. The molecule has 1 amide bonds. The van der Waals surface area contributed by atoms with Crippen LogP contribution in [0.25, 0.3) is 0 Å². The minimum atomic E-state index is -0.0491. The summed E-state index contributed by atoms with van der Waals surface area (Å²) in [5.41, 5.74) is 0. The van der Waals surface area contributed by atoms with E-state index in [9.17, 15) is 4.79 Å². The Balaban J connectivity index is 2.41. The Hall–Kier alpha value is -1.36. The summed E-state index contributed by atoms with van der Waals surface area (Å²) in [5.74, 6) is 0.549. The highest BCUT2D eigenvalue weighted by atomic mass is 16.2. The molecule has 1 rings (SSSR count). The molecule has 1 aromatic heterocycles. The first-order valence-electron chi connectivity index (χ1n) is 5.14. The van der Waals surface area contributed by atoms with Crippen LogP contribution in [0.2, 0.25) is 0 Å². The molecule has 5 nitrogen and oxygen atoms in total. The zero-order valence-electron chi connectivity index (χ0n) is 9.45. The maximum Gasteiger partial charge on any atom is 0.229 e. The largest absolute Gasteiger partial charge is 0.316 e. The predicted octanol–water partition coefficient (Wildman–Crippen LogP) is 0.604. The molecule has 2 N–H and O–H groups in total. The van der Waals surface area contributed by atoms with Crippen LogP contribution in [0.3, 0.4) is 0 Å². The van der Waals surface area contributed by atoms with Gasteiger partial charge in [0.1, 0.15) is 0 Å². The molecule has 84 valence electrons. The van der Waals surface area contributed by atoms with Crippen LogP contribution in [0.4, 0.5) is 5.82 Å². The molecular formula is C10H18N4O. The van der Waals surface area contributed by atoms with Crippen molar-refractivity contribution >= 4 is 11.7 Å². The van der Waals surface area contributed by atoms with Crippen molar-refractivity contribution in [1.29, 1.82) is 0 Å². The lowest BCUT2D eigenvalue weighted by molar-refractivity contribution is -0.119.